The van der Waals surface area contributed by atoms with Crippen LogP contribution in [0.2, 0.25) is 0 Å². The molecule has 0 saturated carbocycles. The molecule has 11 nitrogen and oxygen atoms in total. The van der Waals surface area contributed by atoms with E-state index in [0.29, 0.717) is 0 Å². The third-order valence-electron chi connectivity index (χ3n) is 6.55. The maximum Gasteiger partial charge on any atom is 0.245 e. The van der Waals surface area contributed by atoms with Crippen molar-refractivity contribution in [2.45, 2.75) is 57.8 Å². The highest BCUT2D eigenvalue weighted by atomic mass is 32.1. The molecular formula is C28H37N5O6S. The summed E-state index contributed by atoms with van der Waals surface area (Å²) in [6.07, 6.45) is -1.04. The molecule has 1 saturated heterocycles. The molecule has 0 spiro atoms. The van der Waals surface area contributed by atoms with Crippen molar-refractivity contribution in [2.75, 3.05) is 19.6 Å². The zero-order valence-corrected chi connectivity index (χ0v) is 23.7. The Balaban J connectivity index is 1.89. The Bertz CT molecular complexity index is 1170. The first-order valence-electron chi connectivity index (χ1n) is 13.2. The molecule has 0 bridgehead atoms. The van der Waals surface area contributed by atoms with E-state index in [-0.39, 0.29) is 44.3 Å². The number of aliphatic hydroxyl groups excluding tert-OH is 1. The molecule has 1 aliphatic heterocycles. The van der Waals surface area contributed by atoms with Gasteiger partial charge in [0.15, 0.2) is 0 Å². The van der Waals surface area contributed by atoms with Crippen LogP contribution in [-0.2, 0) is 36.8 Å². The van der Waals surface area contributed by atoms with Crippen LogP contribution in [0, 0.1) is 5.92 Å². The summed E-state index contributed by atoms with van der Waals surface area (Å²) in [5, 5.41) is 24.6. The van der Waals surface area contributed by atoms with Crippen LogP contribution in [0.1, 0.15) is 31.9 Å². The highest BCUT2D eigenvalue weighted by Crippen LogP contribution is 2.10. The van der Waals surface area contributed by atoms with E-state index in [9.17, 15) is 29.1 Å². The van der Waals surface area contributed by atoms with E-state index >= 15 is 0 Å². The lowest BCUT2D eigenvalue weighted by atomic mass is 10.0. The monoisotopic (exact) mass is 571 g/mol. The molecule has 0 aliphatic carbocycles. The molecule has 1 fully saturated rings. The van der Waals surface area contributed by atoms with Gasteiger partial charge in [-0.1, -0.05) is 44.2 Å². The Labute approximate surface area is 237 Å². The molecule has 2 heterocycles. The Hall–Kier alpha value is -3.77. The fourth-order valence-corrected chi connectivity index (χ4v) is 4.97. The van der Waals surface area contributed by atoms with Gasteiger partial charge in [0.05, 0.1) is 19.1 Å². The minimum Gasteiger partial charge on any atom is -0.391 e. The largest absolute Gasteiger partial charge is 0.391 e. The van der Waals surface area contributed by atoms with Crippen molar-refractivity contribution in [1.29, 1.82) is 0 Å². The van der Waals surface area contributed by atoms with Crippen molar-refractivity contribution >= 4 is 40.9 Å². The lowest BCUT2D eigenvalue weighted by Crippen LogP contribution is -2.60. The first-order valence-corrected chi connectivity index (χ1v) is 14.2. The predicted octanol–water partition coefficient (Wildman–Crippen LogP) is -0.0171. The Morgan fingerprint density at radius 2 is 1.68 bits per heavy atom. The number of rotatable bonds is 6. The van der Waals surface area contributed by atoms with Crippen LogP contribution < -0.4 is 21.3 Å². The molecule has 2 aromatic rings. The molecule has 40 heavy (non-hydrogen) atoms. The predicted molar refractivity (Wildman–Crippen MR) is 150 cm³/mol. The number of carbonyl (C=O) groups excluding carboxylic acids is 5. The van der Waals surface area contributed by atoms with E-state index in [0.717, 1.165) is 11.1 Å². The molecule has 1 aliphatic rings. The lowest BCUT2D eigenvalue weighted by molar-refractivity contribution is -0.137. The molecule has 1 aromatic carbocycles. The van der Waals surface area contributed by atoms with Gasteiger partial charge in [0.2, 0.25) is 29.5 Å². The summed E-state index contributed by atoms with van der Waals surface area (Å²) in [6, 6.07) is 7.48. The molecule has 0 radical (unpaired) electrons. The number of thiophene rings is 1. The molecule has 216 valence electrons. The van der Waals surface area contributed by atoms with Crippen molar-refractivity contribution < 1.29 is 29.1 Å². The Morgan fingerprint density at radius 1 is 0.950 bits per heavy atom. The van der Waals surface area contributed by atoms with Crippen LogP contribution in [0.25, 0.3) is 0 Å². The van der Waals surface area contributed by atoms with Gasteiger partial charge < -0.3 is 31.3 Å². The van der Waals surface area contributed by atoms with Gasteiger partial charge in [0.25, 0.3) is 0 Å². The highest BCUT2D eigenvalue weighted by Gasteiger charge is 2.33. The summed E-state index contributed by atoms with van der Waals surface area (Å²) in [6.45, 7) is 4.57. The number of carbonyl (C=O) groups is 5. The zero-order valence-electron chi connectivity index (χ0n) is 22.9. The third kappa shape index (κ3) is 8.88. The maximum atomic E-state index is 13.4. The van der Waals surface area contributed by atoms with Crippen molar-refractivity contribution in [3.63, 3.8) is 0 Å². The second-order valence-electron chi connectivity index (χ2n) is 10.2. The van der Waals surface area contributed by atoms with Crippen LogP contribution in [0.5, 0.6) is 0 Å². The fourth-order valence-electron chi connectivity index (χ4n) is 4.30. The molecular weight excluding hydrogens is 534 g/mol. The topological polar surface area (TPSA) is 157 Å². The van der Waals surface area contributed by atoms with Gasteiger partial charge in [-0.25, -0.2) is 0 Å². The summed E-state index contributed by atoms with van der Waals surface area (Å²) in [5.74, 6) is -3.08. The highest BCUT2D eigenvalue weighted by molar-refractivity contribution is 7.08. The van der Waals surface area contributed by atoms with E-state index in [1.807, 2.05) is 22.9 Å². The average Bonchev–Trinajstić information content (AvgIpc) is 3.41. The second kappa shape index (κ2) is 14.6. The molecule has 3 rings (SSSR count). The molecule has 4 atom stereocenters. The van der Waals surface area contributed by atoms with Crippen LogP contribution >= 0.6 is 11.3 Å². The van der Waals surface area contributed by atoms with Crippen LogP contribution in [0.4, 0.5) is 0 Å². The number of hydrogen-bond acceptors (Lipinski definition) is 7. The second-order valence-corrected chi connectivity index (χ2v) is 11.0. The Morgan fingerprint density at radius 3 is 2.30 bits per heavy atom. The van der Waals surface area contributed by atoms with Gasteiger partial charge in [0, 0.05) is 19.5 Å². The van der Waals surface area contributed by atoms with Crippen molar-refractivity contribution in [2.24, 2.45) is 5.92 Å². The van der Waals surface area contributed by atoms with E-state index in [1.54, 1.807) is 38.1 Å². The van der Waals surface area contributed by atoms with Gasteiger partial charge in [-0.3, -0.25) is 24.0 Å². The minimum absolute atomic E-state index is 0.0117. The lowest BCUT2D eigenvalue weighted by Gasteiger charge is -2.27. The number of nitrogens with zero attached hydrogens (tertiary/aromatic N) is 1. The summed E-state index contributed by atoms with van der Waals surface area (Å²) in [7, 11) is 0. The molecule has 5 N–H and O–H groups in total. The van der Waals surface area contributed by atoms with E-state index in [2.05, 4.69) is 21.3 Å². The normalized spacial score (nSPS) is 22.3. The van der Waals surface area contributed by atoms with Gasteiger partial charge in [-0.2, -0.15) is 11.3 Å². The van der Waals surface area contributed by atoms with Crippen molar-refractivity contribution in [3.8, 4) is 0 Å². The summed E-state index contributed by atoms with van der Waals surface area (Å²) in [4.78, 5) is 67.1. The standard InChI is InChI=1S/C28H37N5O6S/c1-17(2)24-28(39)30-21(13-19-7-5-4-6-8-19)26(37)32-25(18(3)34)27(38)29-10-11-33(15-22(35)31-24)23(36)14-20-9-12-40-16-20/h4-9,12,16-18,21,24-25,34H,10-11,13-15H2,1-3H3,(H,29,38)(H,30,39)(H,31,35)(H,32,37)/t18-,21+,24-,25+/m1/s1. The van der Waals surface area contributed by atoms with Crippen molar-refractivity contribution in [1.82, 2.24) is 26.2 Å². The number of nitrogens with one attached hydrogen (secondary N) is 4. The quantitative estimate of drug-likeness (QED) is 0.328. The summed E-state index contributed by atoms with van der Waals surface area (Å²) < 4.78 is 0. The number of benzene rings is 1. The molecule has 12 heteroatoms. The number of amides is 5. The smallest absolute Gasteiger partial charge is 0.245 e. The van der Waals surface area contributed by atoms with Gasteiger partial charge >= 0.3 is 0 Å². The summed E-state index contributed by atoms with van der Waals surface area (Å²) in [5.41, 5.74) is 1.57. The van der Waals surface area contributed by atoms with Crippen LogP contribution in [0.15, 0.2) is 47.2 Å². The first kappa shape index (κ1) is 30.8. The molecule has 1 aromatic heterocycles. The van der Waals surface area contributed by atoms with E-state index in [4.69, 9.17) is 0 Å². The third-order valence-corrected chi connectivity index (χ3v) is 7.28. The maximum absolute atomic E-state index is 13.4. The summed E-state index contributed by atoms with van der Waals surface area (Å²) >= 11 is 1.45. The minimum atomic E-state index is -1.30. The van der Waals surface area contributed by atoms with Crippen molar-refractivity contribution in [3.05, 3.63) is 58.3 Å². The van der Waals surface area contributed by atoms with Crippen LogP contribution in [0.3, 0.4) is 0 Å². The number of aliphatic hydroxyl groups is 1. The Kier molecular flexibility index (Phi) is 11.2. The zero-order chi connectivity index (χ0) is 29.2. The molecule has 0 unspecified atom stereocenters. The number of hydrogen-bond donors (Lipinski definition) is 5. The van der Waals surface area contributed by atoms with Gasteiger partial charge in [0.1, 0.15) is 18.1 Å². The first-order chi connectivity index (χ1) is 19.0. The van der Waals surface area contributed by atoms with Crippen LogP contribution in [-0.4, -0.2) is 83.4 Å². The van der Waals surface area contributed by atoms with Gasteiger partial charge in [-0.05, 0) is 40.8 Å². The van der Waals surface area contributed by atoms with Gasteiger partial charge in [-0.15, -0.1) is 0 Å². The van der Waals surface area contributed by atoms with E-state index in [1.165, 1.54) is 23.2 Å². The average molecular weight is 572 g/mol. The fraction of sp³-hybridized carbons (Fsp3) is 0.464. The van der Waals surface area contributed by atoms with E-state index < -0.39 is 47.9 Å². The SMILES string of the molecule is CC(C)[C@H]1NC(=O)CN(C(=O)Cc2ccsc2)CCNC(=O)[C@H]([C@@H](C)O)NC(=O)[C@H](Cc2ccccc2)NC1=O. The molecule has 5 amide bonds.